The molecule has 1 aromatic heterocycles. The van der Waals surface area contributed by atoms with Crippen LogP contribution in [0.5, 0.6) is 0 Å². The topological polar surface area (TPSA) is 81.4 Å². The number of aromatic nitrogens is 3. The van der Waals surface area contributed by atoms with Gasteiger partial charge >= 0.3 is 5.69 Å². The van der Waals surface area contributed by atoms with Crippen molar-refractivity contribution in [3.8, 4) is 0 Å². The summed E-state index contributed by atoms with van der Waals surface area (Å²) in [5.41, 5.74) is 0.746. The second-order valence-electron chi connectivity index (χ2n) is 7.07. The molecule has 1 amide bonds. The summed E-state index contributed by atoms with van der Waals surface area (Å²) in [6.45, 7) is 5.52. The maximum Gasteiger partial charge on any atom is 0.345 e. The fraction of sp³-hybridized carbons (Fsp3) is 0.550. The summed E-state index contributed by atoms with van der Waals surface area (Å²) in [6.07, 6.45) is 1.78. The molecule has 0 unspecified atom stereocenters. The first-order chi connectivity index (χ1) is 13.6. The maximum atomic E-state index is 12.5. The highest BCUT2D eigenvalue weighted by Crippen LogP contribution is 2.26. The third kappa shape index (κ3) is 4.88. The van der Waals surface area contributed by atoms with Gasteiger partial charge in [-0.2, -0.15) is 5.10 Å². The third-order valence-corrected chi connectivity index (χ3v) is 5.15. The van der Waals surface area contributed by atoms with Crippen molar-refractivity contribution in [3.05, 3.63) is 46.6 Å². The Morgan fingerprint density at radius 1 is 1.25 bits per heavy atom. The normalized spacial score (nSPS) is 15.6. The molecule has 1 fully saturated rings. The van der Waals surface area contributed by atoms with Gasteiger partial charge in [0, 0.05) is 25.3 Å². The number of piperidine rings is 1. The predicted molar refractivity (Wildman–Crippen MR) is 108 cm³/mol. The minimum atomic E-state index is -0.0702. The highest BCUT2D eigenvalue weighted by molar-refractivity contribution is 5.92. The Hall–Kier alpha value is -2.45. The van der Waals surface area contributed by atoms with E-state index in [9.17, 15) is 9.59 Å². The number of likely N-dealkylation sites (tertiary alicyclic amines) is 1. The largest absolute Gasteiger partial charge is 0.383 e. The van der Waals surface area contributed by atoms with E-state index in [1.54, 1.807) is 11.7 Å². The predicted octanol–water partition coefficient (Wildman–Crippen LogP) is 1.53. The first-order valence-electron chi connectivity index (χ1n) is 9.86. The van der Waals surface area contributed by atoms with Gasteiger partial charge in [0.25, 0.3) is 0 Å². The molecule has 3 rings (SSSR count). The van der Waals surface area contributed by atoms with Gasteiger partial charge in [0.1, 0.15) is 5.82 Å². The summed E-state index contributed by atoms with van der Waals surface area (Å²) >= 11 is 0. The van der Waals surface area contributed by atoms with Crippen LogP contribution in [0.15, 0.2) is 35.1 Å². The molecule has 0 bridgehead atoms. The Balaban J connectivity index is 1.56. The number of nitrogens with zero attached hydrogens (tertiary/aromatic N) is 4. The van der Waals surface area contributed by atoms with Gasteiger partial charge in [-0.15, -0.1) is 0 Å². The fourth-order valence-corrected chi connectivity index (χ4v) is 3.65. The summed E-state index contributed by atoms with van der Waals surface area (Å²) in [5, 5.41) is 7.50. The quantitative estimate of drug-likeness (QED) is 0.743. The van der Waals surface area contributed by atoms with E-state index in [4.69, 9.17) is 4.74 Å². The first-order valence-corrected chi connectivity index (χ1v) is 9.86. The van der Waals surface area contributed by atoms with Gasteiger partial charge in [0.2, 0.25) is 5.91 Å². The van der Waals surface area contributed by atoms with Crippen LogP contribution in [0.3, 0.4) is 0 Å². The van der Waals surface area contributed by atoms with Crippen molar-refractivity contribution in [2.75, 3.05) is 38.7 Å². The van der Waals surface area contributed by atoms with E-state index in [1.807, 2.05) is 37.3 Å². The summed E-state index contributed by atoms with van der Waals surface area (Å²) in [7, 11) is 1.62. The van der Waals surface area contributed by atoms with E-state index in [-0.39, 0.29) is 17.5 Å². The Morgan fingerprint density at radius 3 is 2.61 bits per heavy atom. The minimum Gasteiger partial charge on any atom is -0.383 e. The standard InChI is InChI=1S/C20H29N5O3/c1-3-24-19(22-25(20(24)27)13-14-28-2)16-9-11-23(12-10-16)15-18(26)21-17-7-5-4-6-8-17/h4-8,16H,3,9-15H2,1-2H3,(H,21,26). The van der Waals surface area contributed by atoms with Crippen molar-refractivity contribution in [2.24, 2.45) is 0 Å². The smallest absolute Gasteiger partial charge is 0.345 e. The molecule has 1 aromatic carbocycles. The average molecular weight is 387 g/mol. The van der Waals surface area contributed by atoms with Crippen LogP contribution in [0.1, 0.15) is 31.5 Å². The molecule has 1 aliphatic rings. The molecular weight excluding hydrogens is 358 g/mol. The number of carbonyl (C=O) groups is 1. The van der Waals surface area contributed by atoms with E-state index < -0.39 is 0 Å². The second-order valence-corrected chi connectivity index (χ2v) is 7.07. The molecule has 0 aliphatic carbocycles. The molecule has 8 nitrogen and oxygen atoms in total. The van der Waals surface area contributed by atoms with E-state index in [0.29, 0.717) is 26.2 Å². The number of para-hydroxylation sites is 1. The van der Waals surface area contributed by atoms with Crippen molar-refractivity contribution in [1.29, 1.82) is 0 Å². The van der Waals surface area contributed by atoms with E-state index in [0.717, 1.165) is 37.4 Å². The van der Waals surface area contributed by atoms with Crippen LogP contribution in [0, 0.1) is 0 Å². The number of rotatable bonds is 8. The zero-order valence-electron chi connectivity index (χ0n) is 16.6. The lowest BCUT2D eigenvalue weighted by molar-refractivity contribution is -0.117. The molecule has 152 valence electrons. The molecule has 2 heterocycles. The fourth-order valence-electron chi connectivity index (χ4n) is 3.65. The molecule has 0 saturated carbocycles. The van der Waals surface area contributed by atoms with Gasteiger partial charge in [0.05, 0.1) is 19.7 Å². The minimum absolute atomic E-state index is 0.000963. The highest BCUT2D eigenvalue weighted by Gasteiger charge is 2.27. The summed E-state index contributed by atoms with van der Waals surface area (Å²) in [5.74, 6) is 1.10. The monoisotopic (exact) mass is 387 g/mol. The SMILES string of the molecule is CCn1c(C2CCN(CC(=O)Nc3ccccc3)CC2)nn(CCOC)c1=O. The van der Waals surface area contributed by atoms with Gasteiger partial charge < -0.3 is 10.1 Å². The molecule has 8 heteroatoms. The number of ether oxygens (including phenoxy) is 1. The number of methoxy groups -OCH3 is 1. The molecule has 28 heavy (non-hydrogen) atoms. The molecule has 2 aromatic rings. The van der Waals surface area contributed by atoms with Gasteiger partial charge in [-0.1, -0.05) is 18.2 Å². The highest BCUT2D eigenvalue weighted by atomic mass is 16.5. The van der Waals surface area contributed by atoms with Crippen LogP contribution in [0.4, 0.5) is 5.69 Å². The lowest BCUT2D eigenvalue weighted by atomic mass is 9.96. The van der Waals surface area contributed by atoms with Gasteiger partial charge in [-0.05, 0) is 45.0 Å². The third-order valence-electron chi connectivity index (χ3n) is 5.15. The first kappa shape index (κ1) is 20.3. The van der Waals surface area contributed by atoms with Crippen molar-refractivity contribution in [1.82, 2.24) is 19.2 Å². The molecule has 1 N–H and O–H groups in total. The van der Waals surface area contributed by atoms with E-state index in [1.165, 1.54) is 4.68 Å². The number of nitrogens with one attached hydrogen (secondary N) is 1. The Labute approximate surface area is 165 Å². The molecule has 0 radical (unpaired) electrons. The van der Waals surface area contributed by atoms with Crippen LogP contribution in [-0.4, -0.2) is 58.5 Å². The number of anilines is 1. The lowest BCUT2D eigenvalue weighted by Crippen LogP contribution is -2.39. The van der Waals surface area contributed by atoms with E-state index >= 15 is 0 Å². The van der Waals surface area contributed by atoms with E-state index in [2.05, 4.69) is 15.3 Å². The number of carbonyl (C=O) groups excluding carboxylic acids is 1. The zero-order chi connectivity index (χ0) is 19.9. The second kappa shape index (κ2) is 9.66. The van der Waals surface area contributed by atoms with Crippen LogP contribution < -0.4 is 11.0 Å². The Morgan fingerprint density at radius 2 is 1.96 bits per heavy atom. The molecular formula is C20H29N5O3. The number of hydrogen-bond acceptors (Lipinski definition) is 5. The van der Waals surface area contributed by atoms with Crippen molar-refractivity contribution in [2.45, 2.75) is 38.8 Å². The van der Waals surface area contributed by atoms with Crippen molar-refractivity contribution < 1.29 is 9.53 Å². The molecule has 1 aliphatic heterocycles. The lowest BCUT2D eigenvalue weighted by Gasteiger charge is -2.30. The summed E-state index contributed by atoms with van der Waals surface area (Å²) in [6, 6.07) is 9.50. The van der Waals surface area contributed by atoms with Crippen LogP contribution in [0.25, 0.3) is 0 Å². The van der Waals surface area contributed by atoms with Crippen molar-refractivity contribution >= 4 is 11.6 Å². The Kier molecular flexibility index (Phi) is 7.00. The number of hydrogen-bond donors (Lipinski definition) is 1. The molecule has 0 atom stereocenters. The van der Waals surface area contributed by atoms with Crippen LogP contribution >= 0.6 is 0 Å². The number of benzene rings is 1. The average Bonchev–Trinajstić information content (AvgIpc) is 3.03. The zero-order valence-corrected chi connectivity index (χ0v) is 16.6. The van der Waals surface area contributed by atoms with Gasteiger partial charge in [0.15, 0.2) is 0 Å². The molecule has 0 spiro atoms. The van der Waals surface area contributed by atoms with Gasteiger partial charge in [-0.25, -0.2) is 9.48 Å². The Bertz CT molecular complexity index is 822. The van der Waals surface area contributed by atoms with Gasteiger partial charge in [-0.3, -0.25) is 14.3 Å². The molecule has 1 saturated heterocycles. The maximum absolute atomic E-state index is 12.5. The van der Waals surface area contributed by atoms with Crippen LogP contribution in [-0.2, 0) is 22.6 Å². The number of amides is 1. The van der Waals surface area contributed by atoms with Crippen molar-refractivity contribution in [3.63, 3.8) is 0 Å². The summed E-state index contributed by atoms with van der Waals surface area (Å²) < 4.78 is 8.33. The van der Waals surface area contributed by atoms with Crippen LogP contribution in [0.2, 0.25) is 0 Å². The summed E-state index contributed by atoms with van der Waals surface area (Å²) in [4.78, 5) is 26.9.